The lowest BCUT2D eigenvalue weighted by atomic mass is 9.86. The lowest BCUT2D eigenvalue weighted by Crippen LogP contribution is -2.39. The zero-order valence-corrected chi connectivity index (χ0v) is 16.2. The number of fused-ring (bicyclic) bond motifs is 1. The highest BCUT2D eigenvalue weighted by molar-refractivity contribution is 7.07. The van der Waals surface area contributed by atoms with E-state index in [2.05, 4.69) is 77.2 Å². The third-order valence-corrected chi connectivity index (χ3v) is 9.45. The molecule has 1 heteroatoms. The van der Waals surface area contributed by atoms with Crippen LogP contribution in [0.15, 0.2) is 42.0 Å². The lowest BCUT2D eigenvalue weighted by Gasteiger charge is -2.21. The van der Waals surface area contributed by atoms with Crippen molar-refractivity contribution in [2.24, 2.45) is 0 Å². The summed E-state index contributed by atoms with van der Waals surface area (Å²) in [6, 6.07) is 14.2. The molecule has 2 aliphatic rings. The minimum Gasteiger partial charge on any atom is -0.0686 e. The number of hydrogen-bond donors (Lipinski definition) is 0. The molecule has 0 saturated heterocycles. The van der Waals surface area contributed by atoms with Crippen LogP contribution >= 0.6 is 0 Å². The van der Waals surface area contributed by atoms with E-state index < -0.39 is 8.07 Å². The summed E-state index contributed by atoms with van der Waals surface area (Å²) in [6.07, 6.45) is 1.16. The van der Waals surface area contributed by atoms with Gasteiger partial charge in [0, 0.05) is 0 Å². The average Bonchev–Trinajstić information content (AvgIpc) is 2.89. The summed E-state index contributed by atoms with van der Waals surface area (Å²) in [5, 5.41) is 3.36. The number of allylic oxidation sites excluding steroid dienone is 1. The Morgan fingerprint density at radius 1 is 0.870 bits per heavy atom. The molecule has 2 aromatic carbocycles. The average molecular weight is 319 g/mol. The second kappa shape index (κ2) is 4.48. The second-order valence-corrected chi connectivity index (χ2v) is 13.1. The fourth-order valence-electron chi connectivity index (χ4n) is 4.60. The van der Waals surface area contributed by atoms with E-state index >= 15 is 0 Å². The Labute approximate surface area is 141 Å². The molecule has 118 valence electrons. The van der Waals surface area contributed by atoms with Crippen LogP contribution in [-0.4, -0.2) is 8.07 Å². The van der Waals surface area contributed by atoms with Gasteiger partial charge in [0.05, 0.1) is 0 Å². The molecule has 0 saturated carbocycles. The van der Waals surface area contributed by atoms with E-state index in [1.54, 1.807) is 32.6 Å². The first-order valence-electron chi connectivity index (χ1n) is 8.69. The van der Waals surface area contributed by atoms with Gasteiger partial charge >= 0.3 is 0 Å². The molecule has 2 aromatic rings. The van der Waals surface area contributed by atoms with Gasteiger partial charge in [-0.15, -0.1) is 0 Å². The van der Waals surface area contributed by atoms with Gasteiger partial charge in [0.15, 0.2) is 0 Å². The van der Waals surface area contributed by atoms with Gasteiger partial charge in [0.2, 0.25) is 0 Å². The van der Waals surface area contributed by atoms with Crippen molar-refractivity contribution in [2.45, 2.75) is 52.6 Å². The van der Waals surface area contributed by atoms with Gasteiger partial charge < -0.3 is 0 Å². The van der Waals surface area contributed by atoms with Crippen molar-refractivity contribution < 1.29 is 0 Å². The second-order valence-electron chi connectivity index (χ2n) is 8.81. The molecule has 0 radical (unpaired) electrons. The molecule has 4 rings (SSSR count). The lowest BCUT2D eigenvalue weighted by molar-refractivity contribution is 0.590. The fourth-order valence-corrected chi connectivity index (χ4v) is 8.33. The zero-order chi connectivity index (χ0) is 16.6. The van der Waals surface area contributed by atoms with Crippen LogP contribution < -0.4 is 5.19 Å². The quantitative estimate of drug-likeness (QED) is 0.613. The van der Waals surface area contributed by atoms with Crippen LogP contribution in [0.2, 0.25) is 13.1 Å². The highest BCUT2D eigenvalue weighted by atomic mass is 28.3. The van der Waals surface area contributed by atoms with Crippen LogP contribution in [0.4, 0.5) is 0 Å². The van der Waals surface area contributed by atoms with E-state index in [0.29, 0.717) is 0 Å². The van der Waals surface area contributed by atoms with Crippen LogP contribution in [0.1, 0.15) is 44.4 Å². The van der Waals surface area contributed by atoms with E-state index in [1.807, 2.05) is 0 Å². The van der Waals surface area contributed by atoms with Gasteiger partial charge in [-0.3, -0.25) is 0 Å². The monoisotopic (exact) mass is 318 g/mol. The van der Waals surface area contributed by atoms with Crippen LogP contribution in [0.25, 0.3) is 16.3 Å². The molecule has 0 fully saturated rings. The van der Waals surface area contributed by atoms with Gasteiger partial charge in [0.1, 0.15) is 8.07 Å². The molecule has 0 unspecified atom stereocenters. The molecule has 0 amide bonds. The summed E-state index contributed by atoms with van der Waals surface area (Å²) >= 11 is 0. The number of rotatable bonds is 1. The van der Waals surface area contributed by atoms with Crippen molar-refractivity contribution in [1.82, 2.24) is 0 Å². The molecule has 23 heavy (non-hydrogen) atoms. The zero-order valence-electron chi connectivity index (χ0n) is 15.2. The molecule has 0 spiro atoms. The van der Waals surface area contributed by atoms with Crippen molar-refractivity contribution in [3.63, 3.8) is 0 Å². The SMILES string of the molecule is CC1=C2c3c(ccc(c3-c3ccc(C(C)(C)C)cc3)[Si]2(C)C)C1. The Balaban J connectivity index is 1.93. The fraction of sp³-hybridized carbons (Fsp3) is 0.364. The normalized spacial score (nSPS) is 18.0. The maximum absolute atomic E-state index is 2.52. The van der Waals surface area contributed by atoms with E-state index in [9.17, 15) is 0 Å². The van der Waals surface area contributed by atoms with Crippen LogP contribution in [0.3, 0.4) is 0 Å². The third kappa shape index (κ3) is 1.96. The molecule has 0 aromatic heterocycles. The standard InChI is InChI=1S/C22H26Si/c1-14-13-16-9-12-18-19(20(16)21(14)23(18,5)6)15-7-10-17(11-8-15)22(2,3)4/h7-12H,13H2,1-6H3. The van der Waals surface area contributed by atoms with Gasteiger partial charge in [-0.1, -0.05) is 75.8 Å². The molecular weight excluding hydrogens is 292 g/mol. The summed E-state index contributed by atoms with van der Waals surface area (Å²) in [5.74, 6) is 0. The maximum atomic E-state index is 2.52. The molecule has 0 N–H and O–H groups in total. The molecular formula is C22H26Si. The Hall–Kier alpha value is -1.60. The molecule has 1 aliphatic heterocycles. The Bertz CT molecular complexity index is 843. The first-order valence-corrected chi connectivity index (χ1v) is 11.7. The Morgan fingerprint density at radius 2 is 1.52 bits per heavy atom. The van der Waals surface area contributed by atoms with E-state index in [4.69, 9.17) is 0 Å². The predicted molar refractivity (Wildman–Crippen MR) is 104 cm³/mol. The van der Waals surface area contributed by atoms with Crippen LogP contribution in [0.5, 0.6) is 0 Å². The van der Waals surface area contributed by atoms with E-state index in [0.717, 1.165) is 6.42 Å². The summed E-state index contributed by atoms with van der Waals surface area (Å²) in [7, 11) is -1.50. The molecule has 1 aliphatic carbocycles. The molecule has 0 atom stereocenters. The van der Waals surface area contributed by atoms with Crippen molar-refractivity contribution >= 4 is 18.5 Å². The predicted octanol–water partition coefficient (Wildman–Crippen LogP) is 5.45. The van der Waals surface area contributed by atoms with Crippen molar-refractivity contribution in [3.05, 3.63) is 58.7 Å². The smallest absolute Gasteiger partial charge is 0.0686 e. The maximum Gasteiger partial charge on any atom is 0.113 e. The van der Waals surface area contributed by atoms with Gasteiger partial charge in [-0.25, -0.2) is 0 Å². The summed E-state index contributed by atoms with van der Waals surface area (Å²) in [5.41, 5.74) is 9.36. The highest BCUT2D eigenvalue weighted by Gasteiger charge is 2.44. The third-order valence-electron chi connectivity index (χ3n) is 5.76. The topological polar surface area (TPSA) is 0 Å². The summed E-state index contributed by atoms with van der Waals surface area (Å²) in [6.45, 7) is 14.2. The minimum atomic E-state index is -1.50. The molecule has 2 bridgehead atoms. The van der Waals surface area contributed by atoms with Crippen molar-refractivity contribution in [3.8, 4) is 11.1 Å². The van der Waals surface area contributed by atoms with E-state index in [-0.39, 0.29) is 5.41 Å². The van der Waals surface area contributed by atoms with Crippen LogP contribution in [-0.2, 0) is 11.8 Å². The minimum absolute atomic E-state index is 0.218. The van der Waals surface area contributed by atoms with Gasteiger partial charge in [0.25, 0.3) is 0 Å². The molecule has 1 heterocycles. The van der Waals surface area contributed by atoms with Crippen molar-refractivity contribution in [1.29, 1.82) is 0 Å². The first kappa shape index (κ1) is 15.0. The van der Waals surface area contributed by atoms with Gasteiger partial charge in [-0.05, 0) is 57.0 Å². The summed E-state index contributed by atoms with van der Waals surface area (Å²) < 4.78 is 0. The number of hydrogen-bond acceptors (Lipinski definition) is 0. The number of benzene rings is 2. The first-order chi connectivity index (χ1) is 10.7. The highest BCUT2D eigenvalue weighted by Crippen LogP contribution is 2.49. The van der Waals surface area contributed by atoms with Crippen molar-refractivity contribution in [2.75, 3.05) is 0 Å². The Morgan fingerprint density at radius 3 is 2.13 bits per heavy atom. The van der Waals surface area contributed by atoms with E-state index in [1.165, 1.54) is 11.1 Å². The Kier molecular flexibility index (Phi) is 2.91. The summed E-state index contributed by atoms with van der Waals surface area (Å²) in [4.78, 5) is 0. The van der Waals surface area contributed by atoms with Crippen LogP contribution in [0, 0.1) is 0 Å². The molecule has 0 nitrogen and oxygen atoms in total. The van der Waals surface area contributed by atoms with Gasteiger partial charge in [-0.2, -0.15) is 0 Å². The largest absolute Gasteiger partial charge is 0.113 e.